The van der Waals surface area contributed by atoms with Crippen molar-refractivity contribution >= 4 is 35.0 Å². The van der Waals surface area contributed by atoms with Crippen LogP contribution in [0.1, 0.15) is 15.5 Å². The predicted molar refractivity (Wildman–Crippen MR) is 75.0 cm³/mol. The van der Waals surface area contributed by atoms with Gasteiger partial charge in [0.25, 0.3) is 0 Å². The molecule has 0 bridgehead atoms. The minimum absolute atomic E-state index is 0.0314. The lowest BCUT2D eigenvalue weighted by molar-refractivity contribution is -0.118. The van der Waals surface area contributed by atoms with Gasteiger partial charge in [0, 0.05) is 31.2 Å². The Hall–Kier alpha value is -1.12. The molecule has 1 rings (SSSR count). The van der Waals surface area contributed by atoms with Crippen LogP contribution in [0.15, 0.2) is 5.38 Å². The Kier molecular flexibility index (Phi) is 7.46. The summed E-state index contributed by atoms with van der Waals surface area (Å²) in [4.78, 5) is 26.0. The molecule has 1 heterocycles. The van der Waals surface area contributed by atoms with Gasteiger partial charge in [0.05, 0.1) is 17.4 Å². The maximum absolute atomic E-state index is 11.4. The number of aromatic nitrogens is 1. The zero-order valence-electron chi connectivity index (χ0n) is 10.5. The van der Waals surface area contributed by atoms with Crippen LogP contribution < -0.4 is 5.32 Å². The summed E-state index contributed by atoms with van der Waals surface area (Å²) in [5.74, 6) is 0.136. The van der Waals surface area contributed by atoms with E-state index < -0.39 is 5.97 Å². The molecule has 0 fully saturated rings. The first kappa shape index (κ1) is 15.9. The van der Waals surface area contributed by atoms with Crippen molar-refractivity contribution in [3.63, 3.8) is 0 Å². The van der Waals surface area contributed by atoms with E-state index in [0.29, 0.717) is 30.3 Å². The van der Waals surface area contributed by atoms with Gasteiger partial charge in [-0.15, -0.1) is 23.1 Å². The molecule has 0 aliphatic carbocycles. The van der Waals surface area contributed by atoms with Crippen LogP contribution in [0.5, 0.6) is 0 Å². The molecule has 6 nitrogen and oxygen atoms in total. The Morgan fingerprint density at radius 1 is 1.58 bits per heavy atom. The molecular weight excluding hydrogens is 288 g/mol. The van der Waals surface area contributed by atoms with E-state index in [-0.39, 0.29) is 11.6 Å². The van der Waals surface area contributed by atoms with Crippen molar-refractivity contribution < 1.29 is 19.4 Å². The van der Waals surface area contributed by atoms with Gasteiger partial charge in [0.15, 0.2) is 5.69 Å². The molecule has 0 saturated carbocycles. The first-order valence-electron chi connectivity index (χ1n) is 5.64. The minimum atomic E-state index is -1.03. The number of thiazole rings is 1. The van der Waals surface area contributed by atoms with Crippen molar-refractivity contribution in [1.82, 2.24) is 10.3 Å². The summed E-state index contributed by atoms with van der Waals surface area (Å²) < 4.78 is 4.88. The van der Waals surface area contributed by atoms with E-state index in [1.54, 1.807) is 7.11 Å². The van der Waals surface area contributed by atoms with E-state index in [1.165, 1.54) is 28.5 Å². The number of nitrogens with one attached hydrogen (secondary N) is 1. The van der Waals surface area contributed by atoms with Gasteiger partial charge in [-0.1, -0.05) is 0 Å². The van der Waals surface area contributed by atoms with Crippen molar-refractivity contribution in [1.29, 1.82) is 0 Å². The van der Waals surface area contributed by atoms with E-state index in [1.807, 2.05) is 0 Å². The Bertz CT molecular complexity index is 423. The monoisotopic (exact) mass is 304 g/mol. The number of thioether (sulfide) groups is 1. The first-order chi connectivity index (χ1) is 9.13. The number of carbonyl (C=O) groups excluding carboxylic acids is 1. The SMILES string of the molecule is COCCSCC(=O)NCCc1nc(C(=O)O)cs1. The maximum Gasteiger partial charge on any atom is 0.355 e. The number of carboxylic acids is 1. The van der Waals surface area contributed by atoms with Gasteiger partial charge < -0.3 is 15.2 Å². The summed E-state index contributed by atoms with van der Waals surface area (Å²) in [5, 5.41) is 13.7. The van der Waals surface area contributed by atoms with Crippen LogP contribution in [0.25, 0.3) is 0 Å². The van der Waals surface area contributed by atoms with Gasteiger partial charge in [-0.3, -0.25) is 4.79 Å². The number of methoxy groups -OCH3 is 1. The molecule has 106 valence electrons. The highest BCUT2D eigenvalue weighted by Gasteiger charge is 2.08. The van der Waals surface area contributed by atoms with Crippen LogP contribution in [0.2, 0.25) is 0 Å². The van der Waals surface area contributed by atoms with Crippen molar-refractivity contribution in [2.24, 2.45) is 0 Å². The Balaban J connectivity index is 2.15. The standard InChI is InChI=1S/C11H16N2O4S2/c1-17-4-5-18-7-9(14)12-3-2-10-13-8(6-19-10)11(15)16/h6H,2-5,7H2,1H3,(H,12,14)(H,15,16). The molecule has 0 unspecified atom stereocenters. The normalized spacial score (nSPS) is 10.4. The van der Waals surface area contributed by atoms with Crippen molar-refractivity contribution in [2.45, 2.75) is 6.42 Å². The molecule has 8 heteroatoms. The molecule has 0 aliphatic rings. The molecule has 1 amide bonds. The van der Waals surface area contributed by atoms with Gasteiger partial charge in [-0.2, -0.15) is 0 Å². The number of hydrogen-bond acceptors (Lipinski definition) is 6. The number of ether oxygens (including phenoxy) is 1. The first-order valence-corrected chi connectivity index (χ1v) is 7.68. The lowest BCUT2D eigenvalue weighted by Crippen LogP contribution is -2.27. The number of rotatable bonds is 9. The van der Waals surface area contributed by atoms with Crippen LogP contribution >= 0.6 is 23.1 Å². The second kappa shape index (κ2) is 8.89. The maximum atomic E-state index is 11.4. The van der Waals surface area contributed by atoms with Crippen LogP contribution in [0, 0.1) is 0 Å². The Morgan fingerprint density at radius 2 is 2.37 bits per heavy atom. The number of carboxylic acid groups (broad SMARTS) is 1. The van der Waals surface area contributed by atoms with Gasteiger partial charge >= 0.3 is 5.97 Å². The van der Waals surface area contributed by atoms with E-state index in [0.717, 1.165) is 5.75 Å². The van der Waals surface area contributed by atoms with E-state index >= 15 is 0 Å². The highest BCUT2D eigenvalue weighted by Crippen LogP contribution is 2.09. The average Bonchev–Trinajstić information content (AvgIpc) is 2.84. The zero-order chi connectivity index (χ0) is 14.1. The average molecular weight is 304 g/mol. The van der Waals surface area contributed by atoms with Crippen LogP contribution in [-0.4, -0.2) is 53.7 Å². The molecule has 0 saturated heterocycles. The predicted octanol–water partition coefficient (Wildman–Crippen LogP) is 0.880. The van der Waals surface area contributed by atoms with Gasteiger partial charge in [-0.25, -0.2) is 9.78 Å². The van der Waals surface area contributed by atoms with E-state index in [4.69, 9.17) is 9.84 Å². The molecule has 1 aromatic rings. The minimum Gasteiger partial charge on any atom is -0.476 e. The highest BCUT2D eigenvalue weighted by molar-refractivity contribution is 7.99. The number of aromatic carboxylic acids is 1. The molecule has 0 atom stereocenters. The third-order valence-electron chi connectivity index (χ3n) is 2.10. The zero-order valence-corrected chi connectivity index (χ0v) is 12.2. The summed E-state index contributed by atoms with van der Waals surface area (Å²) in [5.41, 5.74) is 0.0569. The summed E-state index contributed by atoms with van der Waals surface area (Å²) in [7, 11) is 1.63. The lowest BCUT2D eigenvalue weighted by atomic mass is 10.4. The smallest absolute Gasteiger partial charge is 0.355 e. The number of nitrogens with zero attached hydrogens (tertiary/aromatic N) is 1. The lowest BCUT2D eigenvalue weighted by Gasteiger charge is -2.03. The summed E-state index contributed by atoms with van der Waals surface area (Å²) in [6, 6.07) is 0. The molecule has 0 aliphatic heterocycles. The molecule has 0 spiro atoms. The van der Waals surface area contributed by atoms with Crippen molar-refractivity contribution in [3.8, 4) is 0 Å². The molecule has 2 N–H and O–H groups in total. The highest BCUT2D eigenvalue weighted by atomic mass is 32.2. The van der Waals surface area contributed by atoms with Gasteiger partial charge in [0.1, 0.15) is 0 Å². The van der Waals surface area contributed by atoms with Crippen LogP contribution in [0.3, 0.4) is 0 Å². The second-order valence-corrected chi connectivity index (χ2v) is 5.62. The molecule has 19 heavy (non-hydrogen) atoms. The van der Waals surface area contributed by atoms with Crippen LogP contribution in [0.4, 0.5) is 0 Å². The van der Waals surface area contributed by atoms with E-state index in [2.05, 4.69) is 10.3 Å². The number of carbonyl (C=O) groups is 2. The fourth-order valence-corrected chi connectivity index (χ4v) is 2.68. The molecule has 0 aromatic carbocycles. The van der Waals surface area contributed by atoms with Gasteiger partial charge in [0.2, 0.25) is 5.91 Å². The van der Waals surface area contributed by atoms with Crippen LogP contribution in [-0.2, 0) is 16.0 Å². The quantitative estimate of drug-likeness (QED) is 0.658. The Morgan fingerprint density at radius 3 is 3.00 bits per heavy atom. The largest absolute Gasteiger partial charge is 0.476 e. The fraction of sp³-hybridized carbons (Fsp3) is 0.545. The molecule has 1 aromatic heterocycles. The summed E-state index contributed by atoms with van der Waals surface area (Å²) in [6.07, 6.45) is 0.548. The van der Waals surface area contributed by atoms with Crippen molar-refractivity contribution in [2.75, 3.05) is 31.8 Å². The Labute approximate surface area is 119 Å². The van der Waals surface area contributed by atoms with E-state index in [9.17, 15) is 9.59 Å². The third kappa shape index (κ3) is 6.55. The molecule has 0 radical (unpaired) electrons. The van der Waals surface area contributed by atoms with Crippen molar-refractivity contribution in [3.05, 3.63) is 16.1 Å². The fourth-order valence-electron chi connectivity index (χ4n) is 1.19. The molecular formula is C11H16N2O4S2. The number of amides is 1. The summed E-state index contributed by atoms with van der Waals surface area (Å²) in [6.45, 7) is 1.10. The third-order valence-corrected chi connectivity index (χ3v) is 3.93. The second-order valence-electron chi connectivity index (χ2n) is 3.58. The van der Waals surface area contributed by atoms with Gasteiger partial charge in [-0.05, 0) is 0 Å². The number of hydrogen-bond donors (Lipinski definition) is 2. The topological polar surface area (TPSA) is 88.5 Å². The summed E-state index contributed by atoms with van der Waals surface area (Å²) >= 11 is 2.80.